The molecule has 0 spiro atoms. The van der Waals surface area contributed by atoms with Gasteiger partial charge in [-0.15, -0.1) is 0 Å². The molecule has 0 bridgehead atoms. The van der Waals surface area contributed by atoms with E-state index in [-0.39, 0.29) is 35.4 Å². The van der Waals surface area contributed by atoms with E-state index in [0.29, 0.717) is 50.9 Å². The van der Waals surface area contributed by atoms with Crippen molar-refractivity contribution in [2.24, 2.45) is 0 Å². The fourth-order valence-electron chi connectivity index (χ4n) is 17.3. The van der Waals surface area contributed by atoms with Crippen molar-refractivity contribution in [3.05, 3.63) is 415 Å². The van der Waals surface area contributed by atoms with Crippen molar-refractivity contribution in [2.75, 3.05) is 104 Å². The van der Waals surface area contributed by atoms with Crippen LogP contribution in [0, 0.1) is 0 Å². The van der Waals surface area contributed by atoms with E-state index in [2.05, 4.69) is 189 Å². The molecule has 2 aliphatic heterocycles. The molecule has 726 valence electrons. The van der Waals surface area contributed by atoms with E-state index < -0.39 is 0 Å². The molecule has 9 N–H and O–H groups in total. The number of rotatable bonds is 25. The van der Waals surface area contributed by atoms with Crippen molar-refractivity contribution in [3.63, 3.8) is 0 Å². The lowest BCUT2D eigenvalue weighted by molar-refractivity contribution is 0.101. The second-order valence-corrected chi connectivity index (χ2v) is 36.1. The summed E-state index contributed by atoms with van der Waals surface area (Å²) in [7, 11) is 7.39. The summed E-state index contributed by atoms with van der Waals surface area (Å²) >= 11 is 0. The van der Waals surface area contributed by atoms with Crippen molar-refractivity contribution >= 4 is 113 Å². The SMILES string of the molecule is CN(C)C(=O)Nc1cncc(-c2ccc3[nH]nc(C(=O)Nc4ccc(Cc5ccccc5)nc4)c3c2)c1.CN(C)Cc1cncc(-c2ccc3[nH]nc(C(=O)Nc4ccc(Cc5ccccc5)nc4)c3c2)c1.O=C(Nc1ccc(Cc2ccccc2)nc1)c1n[nH]c2ccc(-c3cncc(N4CCCCC4)c3)cc12.O=C(Nc1ccc(Cc2ccccc2)nc1)c1n[nH]c2ccc(-c3cncc(N4CCOCC4)c3)cc12. The van der Waals surface area contributed by atoms with Crippen molar-refractivity contribution < 1.29 is 28.7 Å². The first-order valence-electron chi connectivity index (χ1n) is 48.1. The van der Waals surface area contributed by atoms with Crippen LogP contribution in [-0.2, 0) is 37.0 Å². The first kappa shape index (κ1) is 96.4. The summed E-state index contributed by atoms with van der Waals surface area (Å²) in [5, 5.41) is 46.3. The minimum atomic E-state index is -0.342. The van der Waals surface area contributed by atoms with Gasteiger partial charge < -0.3 is 50.9 Å². The number of nitrogens with one attached hydrogen (secondary N) is 9. The number of carbonyl (C=O) groups is 5. The molecular weight excluding hydrogens is 1830 g/mol. The van der Waals surface area contributed by atoms with Gasteiger partial charge in [0.25, 0.3) is 23.6 Å². The van der Waals surface area contributed by atoms with Gasteiger partial charge in [-0.05, 0) is 205 Å². The lowest BCUT2D eigenvalue weighted by Crippen LogP contribution is -2.36. The molecular formula is C115H105N25O6. The number of amides is 6. The largest absolute Gasteiger partial charge is 0.378 e. The molecule has 2 fully saturated rings. The number of piperidine rings is 1. The van der Waals surface area contributed by atoms with Gasteiger partial charge in [0, 0.05) is 170 Å². The highest BCUT2D eigenvalue weighted by Gasteiger charge is 2.24. The first-order valence-corrected chi connectivity index (χ1v) is 48.1. The number of carbonyl (C=O) groups excluding carboxylic acids is 5. The number of hydrogen-bond acceptors (Lipinski definition) is 21. The van der Waals surface area contributed by atoms with Crippen molar-refractivity contribution in [3.8, 4) is 44.5 Å². The quantitative estimate of drug-likeness (QED) is 0.0257. The van der Waals surface area contributed by atoms with Gasteiger partial charge in [0.2, 0.25) is 0 Å². The summed E-state index contributed by atoms with van der Waals surface area (Å²) in [6, 6.07) is 87.3. The number of anilines is 7. The maximum Gasteiger partial charge on any atom is 0.321 e. The number of morpholine rings is 1. The van der Waals surface area contributed by atoms with Crippen LogP contribution >= 0.6 is 0 Å². The zero-order chi connectivity index (χ0) is 100. The van der Waals surface area contributed by atoms with Gasteiger partial charge in [-0.1, -0.05) is 146 Å². The van der Waals surface area contributed by atoms with E-state index in [0.717, 1.165) is 194 Å². The molecule has 0 saturated carbocycles. The van der Waals surface area contributed by atoms with Crippen LogP contribution < -0.4 is 36.4 Å². The third-order valence-corrected chi connectivity index (χ3v) is 24.9. The van der Waals surface area contributed by atoms with Crippen LogP contribution in [0.25, 0.3) is 88.1 Å². The Balaban J connectivity index is 0.000000123. The van der Waals surface area contributed by atoms with E-state index in [1.807, 2.05) is 251 Å². The number of H-pyrrole nitrogens is 4. The lowest BCUT2D eigenvalue weighted by Gasteiger charge is -2.28. The molecule has 6 amide bonds. The highest BCUT2D eigenvalue weighted by atomic mass is 16.5. The third kappa shape index (κ3) is 24.6. The zero-order valence-corrected chi connectivity index (χ0v) is 80.8. The molecule has 0 aliphatic carbocycles. The van der Waals surface area contributed by atoms with E-state index in [1.54, 1.807) is 51.3 Å². The van der Waals surface area contributed by atoms with Crippen LogP contribution in [0.15, 0.2) is 341 Å². The Labute approximate surface area is 841 Å². The van der Waals surface area contributed by atoms with Crippen molar-refractivity contribution in [2.45, 2.75) is 51.5 Å². The van der Waals surface area contributed by atoms with Crippen molar-refractivity contribution in [1.82, 2.24) is 90.5 Å². The van der Waals surface area contributed by atoms with E-state index in [4.69, 9.17) is 4.74 Å². The Hall–Kier alpha value is -18.5. The maximum absolute atomic E-state index is 13.1. The molecule has 12 aromatic heterocycles. The van der Waals surface area contributed by atoms with Crippen LogP contribution in [0.1, 0.15) is 112 Å². The molecule has 31 heteroatoms. The Morgan fingerprint density at radius 1 is 0.295 bits per heavy atom. The Morgan fingerprint density at radius 2 is 0.610 bits per heavy atom. The van der Waals surface area contributed by atoms with Crippen LogP contribution in [0.4, 0.5) is 44.6 Å². The molecule has 31 nitrogen and oxygen atoms in total. The average Bonchev–Trinajstić information content (AvgIpc) is 1.65. The van der Waals surface area contributed by atoms with E-state index in [9.17, 15) is 24.0 Å². The van der Waals surface area contributed by atoms with Gasteiger partial charge in [0.05, 0.1) is 118 Å². The maximum atomic E-state index is 13.1. The summed E-state index contributed by atoms with van der Waals surface area (Å²) in [6.45, 7) is 6.07. The molecule has 14 heterocycles. The van der Waals surface area contributed by atoms with Gasteiger partial charge in [-0.2, -0.15) is 20.4 Å². The Kier molecular flexibility index (Phi) is 30.3. The average molecular weight is 1930 g/mol. The molecule has 20 aromatic rings. The second-order valence-electron chi connectivity index (χ2n) is 36.1. The minimum Gasteiger partial charge on any atom is -0.378 e. The first-order chi connectivity index (χ1) is 71.5. The third-order valence-electron chi connectivity index (χ3n) is 24.9. The summed E-state index contributed by atoms with van der Waals surface area (Å²) in [4.78, 5) is 108. The number of nitrogens with zero attached hydrogens (tertiary/aromatic N) is 16. The van der Waals surface area contributed by atoms with Gasteiger partial charge in [-0.3, -0.25) is 79.4 Å². The smallest absolute Gasteiger partial charge is 0.321 e. The molecule has 22 rings (SSSR count). The Bertz CT molecular complexity index is 7700. The number of benzene rings is 8. The van der Waals surface area contributed by atoms with Crippen LogP contribution in [0.5, 0.6) is 0 Å². The number of urea groups is 1. The van der Waals surface area contributed by atoms with Crippen LogP contribution in [0.3, 0.4) is 0 Å². The predicted octanol–water partition coefficient (Wildman–Crippen LogP) is 20.4. The molecule has 0 unspecified atom stereocenters. The monoisotopic (exact) mass is 1930 g/mol. The van der Waals surface area contributed by atoms with E-state index >= 15 is 0 Å². The van der Waals surface area contributed by atoms with E-state index in [1.165, 1.54) is 46.4 Å². The second kappa shape index (κ2) is 45.8. The standard InChI is InChI=1S/C30H28N6O.C29H26N6O2.C28H25N7O2.C28H26N6O/c37-30(33-25-11-10-24(32-19-25)15-21-7-3-1-4-8-21)29-27-17-22(9-12-28(27)34-35-29)23-16-26(20-31-18-23)36-13-5-2-6-14-36;36-29(32-24-8-7-23(31-18-24)14-20-4-2-1-3-5-20)28-26-16-21(6-9-27(26)33-34-28)22-15-25(19-30-17-22)35-10-12-37-13-11-35;1-35(2)28(37)32-23-13-20(15-29-16-23)19-8-11-25-24(14-19)26(34-33-25)27(36)31-22-10-9-21(30-17-22)12-18-6-4-3-5-7-18;1-34(2)18-20-12-22(16-29-15-20)21-8-11-26-25(14-21)27(33-32-26)28(35)31-24-10-9-23(30-17-24)13-19-6-4-3-5-7-19/h1,3-4,7-12,16-20H,2,5-6,13-15H2,(H,33,37)(H,34,35);1-9,15-19H,10-14H2,(H,32,36)(H,33,34);3-11,13-17H,12H2,1-2H3,(H,31,36)(H,32,37)(H,33,34);3-12,14-17H,13,18H2,1-2H3,(H,31,35)(H,32,33). The number of aromatic nitrogens is 16. The lowest BCUT2D eigenvalue weighted by atomic mass is 10.0. The number of aromatic amines is 4. The molecule has 0 radical (unpaired) electrons. The fourth-order valence-corrected chi connectivity index (χ4v) is 17.3. The topological polar surface area (TPSA) is 386 Å². The van der Waals surface area contributed by atoms with Gasteiger partial charge >= 0.3 is 6.03 Å². The van der Waals surface area contributed by atoms with Crippen molar-refractivity contribution in [1.29, 1.82) is 0 Å². The summed E-state index contributed by atoms with van der Waals surface area (Å²) in [5.74, 6) is -1.20. The number of ether oxygens (including phenoxy) is 1. The van der Waals surface area contributed by atoms with Crippen LogP contribution in [-0.4, -0.2) is 188 Å². The summed E-state index contributed by atoms with van der Waals surface area (Å²) < 4.78 is 5.47. The molecule has 0 atom stereocenters. The normalized spacial score (nSPS) is 12.3. The zero-order valence-electron chi connectivity index (χ0n) is 80.8. The molecule has 2 aliphatic rings. The Morgan fingerprint density at radius 3 is 0.932 bits per heavy atom. The summed E-state index contributed by atoms with van der Waals surface area (Å²) in [6.07, 6.45) is 27.9. The van der Waals surface area contributed by atoms with Crippen LogP contribution in [0.2, 0.25) is 0 Å². The highest BCUT2D eigenvalue weighted by Crippen LogP contribution is 2.35. The number of fused-ring (bicyclic) bond motifs is 4. The van der Waals surface area contributed by atoms with Gasteiger partial charge in [-0.25, -0.2) is 4.79 Å². The number of hydrogen-bond donors (Lipinski definition) is 9. The minimum absolute atomic E-state index is 0.245. The number of pyridine rings is 8. The molecule has 8 aromatic carbocycles. The molecule has 146 heavy (non-hydrogen) atoms. The van der Waals surface area contributed by atoms with Gasteiger partial charge in [0.15, 0.2) is 22.8 Å². The summed E-state index contributed by atoms with van der Waals surface area (Å²) in [5.41, 5.74) is 26.9. The van der Waals surface area contributed by atoms with Gasteiger partial charge in [0.1, 0.15) is 0 Å². The molecule has 2 saturated heterocycles. The highest BCUT2D eigenvalue weighted by molar-refractivity contribution is 6.15. The predicted molar refractivity (Wildman–Crippen MR) is 572 cm³/mol. The fraction of sp³-hybridized carbons (Fsp3) is 0.157.